The number of aryl methyl sites for hydroxylation is 2. The van der Waals surface area contributed by atoms with Crippen molar-refractivity contribution in [2.24, 2.45) is 0 Å². The first-order chi connectivity index (χ1) is 12.7. The fourth-order valence-electron chi connectivity index (χ4n) is 3.89. The van der Waals surface area contributed by atoms with Gasteiger partial charge in [0, 0.05) is 6.04 Å². The molecule has 1 saturated carbocycles. The van der Waals surface area contributed by atoms with Crippen LogP contribution in [-0.2, 0) is 14.8 Å². The van der Waals surface area contributed by atoms with Crippen LogP contribution in [0, 0.1) is 13.8 Å². The lowest BCUT2D eigenvalue weighted by Crippen LogP contribution is -2.51. The molecule has 27 heavy (non-hydrogen) atoms. The van der Waals surface area contributed by atoms with E-state index < -0.39 is 16.1 Å². The second-order valence-electron chi connectivity index (χ2n) is 7.82. The number of nitrogens with zero attached hydrogens (tertiary/aromatic N) is 1. The molecule has 152 valence electrons. The summed E-state index contributed by atoms with van der Waals surface area (Å²) in [5.74, 6) is -0.186. The van der Waals surface area contributed by atoms with Gasteiger partial charge in [-0.25, -0.2) is 8.42 Å². The Labute approximate surface area is 164 Å². The van der Waals surface area contributed by atoms with Crippen LogP contribution in [0.25, 0.3) is 0 Å². The van der Waals surface area contributed by atoms with Crippen LogP contribution in [0.3, 0.4) is 0 Å². The van der Waals surface area contributed by atoms with Crippen LogP contribution in [0.2, 0.25) is 0 Å². The zero-order valence-corrected chi connectivity index (χ0v) is 17.9. The van der Waals surface area contributed by atoms with Gasteiger partial charge < -0.3 is 5.32 Å². The van der Waals surface area contributed by atoms with Gasteiger partial charge in [0.1, 0.15) is 6.04 Å². The van der Waals surface area contributed by atoms with Gasteiger partial charge in [0.15, 0.2) is 0 Å². The SMILES string of the molecule is CC[C@@H](C(=O)NC1CCCCCCC1)N(c1cc(C)ccc1C)S(C)(=O)=O. The van der Waals surface area contributed by atoms with Gasteiger partial charge in [-0.05, 0) is 50.3 Å². The number of nitrogens with one attached hydrogen (secondary N) is 1. The molecule has 0 bridgehead atoms. The van der Waals surface area contributed by atoms with E-state index in [1.165, 1.54) is 29.8 Å². The highest BCUT2D eigenvalue weighted by atomic mass is 32.2. The van der Waals surface area contributed by atoms with E-state index in [0.29, 0.717) is 12.1 Å². The zero-order valence-electron chi connectivity index (χ0n) is 17.1. The lowest BCUT2D eigenvalue weighted by atomic mass is 9.96. The van der Waals surface area contributed by atoms with Crippen molar-refractivity contribution in [1.82, 2.24) is 5.32 Å². The number of anilines is 1. The van der Waals surface area contributed by atoms with Gasteiger partial charge >= 0.3 is 0 Å². The summed E-state index contributed by atoms with van der Waals surface area (Å²) in [6.07, 6.45) is 9.49. The fraction of sp³-hybridized carbons (Fsp3) is 0.667. The van der Waals surface area contributed by atoms with E-state index in [4.69, 9.17) is 0 Å². The van der Waals surface area contributed by atoms with Gasteiger partial charge in [0.2, 0.25) is 15.9 Å². The molecule has 0 unspecified atom stereocenters. The highest BCUT2D eigenvalue weighted by molar-refractivity contribution is 7.92. The Hall–Kier alpha value is -1.56. The number of rotatable bonds is 6. The molecule has 1 aromatic carbocycles. The first kappa shape index (κ1) is 21.7. The van der Waals surface area contributed by atoms with E-state index in [2.05, 4.69) is 5.32 Å². The minimum Gasteiger partial charge on any atom is -0.352 e. The lowest BCUT2D eigenvalue weighted by molar-refractivity contribution is -0.123. The Balaban J connectivity index is 2.29. The molecule has 0 aromatic heterocycles. The molecule has 0 spiro atoms. The van der Waals surface area contributed by atoms with Crippen LogP contribution >= 0.6 is 0 Å². The highest BCUT2D eigenvalue weighted by Crippen LogP contribution is 2.28. The average molecular weight is 395 g/mol. The van der Waals surface area contributed by atoms with E-state index in [1.54, 1.807) is 0 Å². The largest absolute Gasteiger partial charge is 0.352 e. The Morgan fingerprint density at radius 2 is 1.74 bits per heavy atom. The van der Waals surface area contributed by atoms with Gasteiger partial charge in [0.25, 0.3) is 0 Å². The van der Waals surface area contributed by atoms with Crippen LogP contribution in [-0.4, -0.2) is 32.7 Å². The van der Waals surface area contributed by atoms with Gasteiger partial charge in [0.05, 0.1) is 11.9 Å². The molecule has 1 atom stereocenters. The van der Waals surface area contributed by atoms with Crippen LogP contribution in [0.4, 0.5) is 5.69 Å². The first-order valence-corrected chi connectivity index (χ1v) is 12.0. The Morgan fingerprint density at radius 1 is 1.15 bits per heavy atom. The average Bonchev–Trinajstić information content (AvgIpc) is 2.56. The summed E-state index contributed by atoms with van der Waals surface area (Å²) >= 11 is 0. The number of amides is 1. The Morgan fingerprint density at radius 3 is 2.30 bits per heavy atom. The van der Waals surface area contributed by atoms with E-state index in [9.17, 15) is 13.2 Å². The normalized spacial score (nSPS) is 17.6. The van der Waals surface area contributed by atoms with E-state index in [-0.39, 0.29) is 11.9 Å². The maximum atomic E-state index is 13.1. The summed E-state index contributed by atoms with van der Waals surface area (Å²) in [5.41, 5.74) is 2.42. The topological polar surface area (TPSA) is 66.5 Å². The number of sulfonamides is 1. The molecule has 6 heteroatoms. The molecule has 0 heterocycles. The molecule has 0 radical (unpaired) electrons. The van der Waals surface area contributed by atoms with Crippen LogP contribution in [0.1, 0.15) is 69.4 Å². The van der Waals surface area contributed by atoms with Crippen LogP contribution in [0.15, 0.2) is 18.2 Å². The third-order valence-electron chi connectivity index (χ3n) is 5.38. The van der Waals surface area contributed by atoms with Crippen molar-refractivity contribution in [2.75, 3.05) is 10.6 Å². The van der Waals surface area contributed by atoms with Crippen molar-refractivity contribution in [3.05, 3.63) is 29.3 Å². The summed E-state index contributed by atoms with van der Waals surface area (Å²) in [7, 11) is -3.59. The molecule has 1 aliphatic rings. The van der Waals surface area contributed by atoms with Crippen molar-refractivity contribution < 1.29 is 13.2 Å². The van der Waals surface area contributed by atoms with E-state index in [1.807, 2.05) is 39.0 Å². The van der Waals surface area contributed by atoms with Crippen LogP contribution in [0.5, 0.6) is 0 Å². The minimum atomic E-state index is -3.59. The Kier molecular flexibility index (Phi) is 7.71. The number of carbonyl (C=O) groups excluding carboxylic acids is 1. The fourth-order valence-corrected chi connectivity index (χ4v) is 5.15. The molecule has 1 fully saturated rings. The molecule has 1 amide bonds. The summed E-state index contributed by atoms with van der Waals surface area (Å²) in [4.78, 5) is 13.1. The summed E-state index contributed by atoms with van der Waals surface area (Å²) in [6.45, 7) is 5.68. The van der Waals surface area contributed by atoms with Crippen molar-refractivity contribution in [2.45, 2.75) is 84.2 Å². The second kappa shape index (κ2) is 9.58. The number of benzene rings is 1. The van der Waals surface area contributed by atoms with Crippen molar-refractivity contribution in [1.29, 1.82) is 0 Å². The Bertz CT molecular complexity index is 738. The second-order valence-corrected chi connectivity index (χ2v) is 9.68. The first-order valence-electron chi connectivity index (χ1n) is 10.1. The molecular formula is C21H34N2O3S. The van der Waals surface area contributed by atoms with Crippen molar-refractivity contribution in [3.8, 4) is 0 Å². The van der Waals surface area contributed by atoms with Crippen molar-refractivity contribution in [3.63, 3.8) is 0 Å². The number of carbonyl (C=O) groups is 1. The van der Waals surface area contributed by atoms with Gasteiger partial charge in [-0.15, -0.1) is 0 Å². The summed E-state index contributed by atoms with van der Waals surface area (Å²) < 4.78 is 26.6. The third kappa shape index (κ3) is 5.96. The molecule has 0 aliphatic heterocycles. The predicted molar refractivity (Wildman–Crippen MR) is 112 cm³/mol. The minimum absolute atomic E-state index is 0.145. The zero-order chi connectivity index (χ0) is 20.0. The number of hydrogen-bond donors (Lipinski definition) is 1. The van der Waals surface area contributed by atoms with Crippen LogP contribution < -0.4 is 9.62 Å². The molecule has 5 nitrogen and oxygen atoms in total. The predicted octanol–water partition coefficient (Wildman–Crippen LogP) is 4.08. The highest BCUT2D eigenvalue weighted by Gasteiger charge is 2.33. The van der Waals surface area contributed by atoms with Gasteiger partial charge in [-0.1, -0.05) is 51.2 Å². The van der Waals surface area contributed by atoms with E-state index in [0.717, 1.165) is 36.8 Å². The standard InChI is InChI=1S/C21H34N2O3S/c1-5-19(21(24)22-18-11-9-7-6-8-10-12-18)23(27(4,25)26)20-15-16(2)13-14-17(20)3/h13-15,18-19H,5-12H2,1-4H3,(H,22,24)/t19-/m0/s1. The number of hydrogen-bond acceptors (Lipinski definition) is 3. The third-order valence-corrected chi connectivity index (χ3v) is 6.55. The van der Waals surface area contributed by atoms with Gasteiger partial charge in [-0.2, -0.15) is 0 Å². The molecule has 2 rings (SSSR count). The maximum Gasteiger partial charge on any atom is 0.244 e. The molecule has 1 aromatic rings. The molecule has 0 saturated heterocycles. The van der Waals surface area contributed by atoms with Crippen molar-refractivity contribution >= 4 is 21.6 Å². The lowest BCUT2D eigenvalue weighted by Gasteiger charge is -2.33. The summed E-state index contributed by atoms with van der Waals surface area (Å²) in [5, 5.41) is 3.15. The smallest absolute Gasteiger partial charge is 0.244 e. The quantitative estimate of drug-likeness (QED) is 0.791. The molecule has 1 N–H and O–H groups in total. The maximum absolute atomic E-state index is 13.1. The summed E-state index contributed by atoms with van der Waals surface area (Å²) in [6, 6.07) is 5.12. The van der Waals surface area contributed by atoms with E-state index >= 15 is 0 Å². The molecule has 1 aliphatic carbocycles. The van der Waals surface area contributed by atoms with Gasteiger partial charge in [-0.3, -0.25) is 9.10 Å². The monoisotopic (exact) mass is 394 g/mol. The molecular weight excluding hydrogens is 360 g/mol.